The molecule has 2 heterocycles. The van der Waals surface area contributed by atoms with E-state index in [1.165, 1.54) is 18.6 Å². The summed E-state index contributed by atoms with van der Waals surface area (Å²) >= 11 is 2.09. The van der Waals surface area contributed by atoms with Crippen molar-refractivity contribution in [3.63, 3.8) is 0 Å². The van der Waals surface area contributed by atoms with Gasteiger partial charge in [0, 0.05) is 6.04 Å². The molecule has 0 saturated carbocycles. The standard InChI is InChI=1S/C16H32N2OS/c1-15(2,3)12-7-9-20-14(18-12)10-16(4,5)13-6-8-17-11-19-13/h12-14,17-18H,6-11H2,1-5H3. The van der Waals surface area contributed by atoms with E-state index in [4.69, 9.17) is 4.74 Å². The van der Waals surface area contributed by atoms with E-state index >= 15 is 0 Å². The molecule has 0 aromatic heterocycles. The number of hydrogen-bond acceptors (Lipinski definition) is 4. The lowest BCUT2D eigenvalue weighted by Crippen LogP contribution is -2.51. The van der Waals surface area contributed by atoms with Crippen molar-refractivity contribution in [1.82, 2.24) is 10.6 Å². The predicted octanol–water partition coefficient (Wildman–Crippen LogP) is 3.21. The van der Waals surface area contributed by atoms with Crippen LogP contribution in [0.25, 0.3) is 0 Å². The second kappa shape index (κ2) is 6.55. The highest BCUT2D eigenvalue weighted by Crippen LogP contribution is 2.38. The van der Waals surface area contributed by atoms with Crippen LogP contribution in [0.2, 0.25) is 0 Å². The molecular formula is C16H32N2OS. The van der Waals surface area contributed by atoms with Crippen LogP contribution >= 0.6 is 11.8 Å². The molecule has 0 aromatic carbocycles. The van der Waals surface area contributed by atoms with E-state index in [-0.39, 0.29) is 5.41 Å². The van der Waals surface area contributed by atoms with Gasteiger partial charge in [-0.05, 0) is 42.4 Å². The molecule has 2 fully saturated rings. The molecule has 2 N–H and O–H groups in total. The molecule has 20 heavy (non-hydrogen) atoms. The average molecular weight is 301 g/mol. The molecule has 2 aliphatic rings. The van der Waals surface area contributed by atoms with E-state index < -0.39 is 0 Å². The highest BCUT2D eigenvalue weighted by Gasteiger charge is 2.37. The third kappa shape index (κ3) is 4.36. The smallest absolute Gasteiger partial charge is 0.0969 e. The molecule has 3 atom stereocenters. The lowest BCUT2D eigenvalue weighted by molar-refractivity contribution is -0.0644. The molecule has 0 amide bonds. The Labute approximate surface area is 129 Å². The van der Waals surface area contributed by atoms with Crippen molar-refractivity contribution in [1.29, 1.82) is 0 Å². The number of ether oxygens (including phenoxy) is 1. The fraction of sp³-hybridized carbons (Fsp3) is 1.00. The van der Waals surface area contributed by atoms with Crippen LogP contribution in [0.5, 0.6) is 0 Å². The summed E-state index contributed by atoms with van der Waals surface area (Å²) in [6, 6.07) is 0.637. The van der Waals surface area contributed by atoms with Crippen molar-refractivity contribution < 1.29 is 4.74 Å². The first-order valence-electron chi connectivity index (χ1n) is 7.99. The maximum absolute atomic E-state index is 5.93. The molecule has 0 aromatic rings. The van der Waals surface area contributed by atoms with Gasteiger partial charge in [-0.2, -0.15) is 0 Å². The Bertz CT molecular complexity index is 308. The van der Waals surface area contributed by atoms with E-state index in [2.05, 4.69) is 57.0 Å². The normalized spacial score (nSPS) is 33.1. The topological polar surface area (TPSA) is 33.3 Å². The molecule has 3 unspecified atom stereocenters. The van der Waals surface area contributed by atoms with Crippen LogP contribution in [0.3, 0.4) is 0 Å². The SMILES string of the molecule is CC(C)(C)C1CCSC(CC(C)(C)C2CCNCO2)N1. The molecule has 4 heteroatoms. The fourth-order valence-electron chi connectivity index (χ4n) is 3.26. The third-order valence-corrected chi connectivity index (χ3v) is 5.89. The van der Waals surface area contributed by atoms with Crippen molar-refractivity contribution in [2.75, 3.05) is 19.0 Å². The molecule has 3 nitrogen and oxygen atoms in total. The largest absolute Gasteiger partial charge is 0.362 e. The molecule has 2 aliphatic heterocycles. The minimum Gasteiger partial charge on any atom is -0.362 e. The summed E-state index contributed by atoms with van der Waals surface area (Å²) < 4.78 is 5.93. The quantitative estimate of drug-likeness (QED) is 0.838. The van der Waals surface area contributed by atoms with Crippen LogP contribution in [-0.4, -0.2) is 36.5 Å². The van der Waals surface area contributed by atoms with Crippen LogP contribution in [0.4, 0.5) is 0 Å². The van der Waals surface area contributed by atoms with Gasteiger partial charge < -0.3 is 10.1 Å². The Hall–Kier alpha value is 0.230. The summed E-state index contributed by atoms with van der Waals surface area (Å²) in [7, 11) is 0. The first-order valence-corrected chi connectivity index (χ1v) is 9.04. The van der Waals surface area contributed by atoms with Crippen molar-refractivity contribution >= 4 is 11.8 Å². The van der Waals surface area contributed by atoms with Crippen LogP contribution in [0.15, 0.2) is 0 Å². The molecule has 2 saturated heterocycles. The lowest BCUT2D eigenvalue weighted by atomic mass is 9.80. The third-order valence-electron chi connectivity index (χ3n) is 4.71. The summed E-state index contributed by atoms with van der Waals surface area (Å²) in [6.45, 7) is 13.6. The van der Waals surface area contributed by atoms with E-state index in [9.17, 15) is 0 Å². The molecule has 118 valence electrons. The monoisotopic (exact) mass is 300 g/mol. The summed E-state index contributed by atoms with van der Waals surface area (Å²) in [5, 5.41) is 7.73. The molecule has 0 spiro atoms. The fourth-order valence-corrected chi connectivity index (χ4v) is 4.72. The molecular weight excluding hydrogens is 268 g/mol. The zero-order chi connectivity index (χ0) is 14.8. The van der Waals surface area contributed by atoms with E-state index in [1.807, 2.05) is 0 Å². The van der Waals surface area contributed by atoms with Crippen LogP contribution in [0.1, 0.15) is 53.9 Å². The highest BCUT2D eigenvalue weighted by molar-refractivity contribution is 7.99. The van der Waals surface area contributed by atoms with Gasteiger partial charge in [0.2, 0.25) is 0 Å². The van der Waals surface area contributed by atoms with Gasteiger partial charge in [-0.15, -0.1) is 11.8 Å². The zero-order valence-electron chi connectivity index (χ0n) is 13.8. The number of rotatable bonds is 3. The number of hydrogen-bond donors (Lipinski definition) is 2. The van der Waals surface area contributed by atoms with Crippen LogP contribution < -0.4 is 10.6 Å². The minimum absolute atomic E-state index is 0.243. The molecule has 2 rings (SSSR count). The van der Waals surface area contributed by atoms with Crippen molar-refractivity contribution in [3.8, 4) is 0 Å². The summed E-state index contributed by atoms with van der Waals surface area (Å²) in [5.41, 5.74) is 0.598. The van der Waals surface area contributed by atoms with Gasteiger partial charge in [-0.3, -0.25) is 5.32 Å². The first-order chi connectivity index (χ1) is 9.29. The van der Waals surface area contributed by atoms with Gasteiger partial charge in [0.05, 0.1) is 18.2 Å². The highest BCUT2D eigenvalue weighted by atomic mass is 32.2. The number of thioether (sulfide) groups is 1. The lowest BCUT2D eigenvalue weighted by Gasteiger charge is -2.43. The Morgan fingerprint density at radius 3 is 2.50 bits per heavy atom. The van der Waals surface area contributed by atoms with Crippen molar-refractivity contribution in [2.24, 2.45) is 10.8 Å². The van der Waals surface area contributed by atoms with Gasteiger partial charge >= 0.3 is 0 Å². The minimum atomic E-state index is 0.243. The summed E-state index contributed by atoms with van der Waals surface area (Å²) in [6.07, 6.45) is 4.00. The number of nitrogens with one attached hydrogen (secondary N) is 2. The van der Waals surface area contributed by atoms with Gasteiger partial charge in [-0.1, -0.05) is 34.6 Å². The van der Waals surface area contributed by atoms with E-state index in [0.717, 1.165) is 13.0 Å². The van der Waals surface area contributed by atoms with Gasteiger partial charge in [0.25, 0.3) is 0 Å². The van der Waals surface area contributed by atoms with E-state index in [0.29, 0.717) is 29.7 Å². The van der Waals surface area contributed by atoms with Gasteiger partial charge in [0.15, 0.2) is 0 Å². The zero-order valence-corrected chi connectivity index (χ0v) is 14.6. The Morgan fingerprint density at radius 1 is 1.15 bits per heavy atom. The second-order valence-electron chi connectivity index (χ2n) is 8.01. The maximum atomic E-state index is 5.93. The first kappa shape index (κ1) is 16.6. The van der Waals surface area contributed by atoms with Crippen LogP contribution in [0, 0.1) is 10.8 Å². The van der Waals surface area contributed by atoms with Crippen molar-refractivity contribution in [2.45, 2.75) is 71.4 Å². The summed E-state index contributed by atoms with van der Waals surface area (Å²) in [4.78, 5) is 0. The average Bonchev–Trinajstić information content (AvgIpc) is 2.38. The molecule has 0 aliphatic carbocycles. The Morgan fingerprint density at radius 2 is 1.90 bits per heavy atom. The Balaban J connectivity index is 1.91. The molecule has 0 bridgehead atoms. The summed E-state index contributed by atoms with van der Waals surface area (Å²) in [5.74, 6) is 1.28. The van der Waals surface area contributed by atoms with Crippen LogP contribution in [-0.2, 0) is 4.74 Å². The van der Waals surface area contributed by atoms with Gasteiger partial charge in [0.1, 0.15) is 0 Å². The van der Waals surface area contributed by atoms with E-state index in [1.54, 1.807) is 0 Å². The van der Waals surface area contributed by atoms with Crippen molar-refractivity contribution in [3.05, 3.63) is 0 Å². The second-order valence-corrected chi connectivity index (χ2v) is 9.33. The Kier molecular flexibility index (Phi) is 5.44. The molecule has 0 radical (unpaired) electrons. The maximum Gasteiger partial charge on any atom is 0.0969 e. The predicted molar refractivity (Wildman–Crippen MR) is 88.0 cm³/mol. The van der Waals surface area contributed by atoms with Gasteiger partial charge in [-0.25, -0.2) is 0 Å².